The van der Waals surface area contributed by atoms with Gasteiger partial charge in [-0.25, -0.2) is 0 Å². The van der Waals surface area contributed by atoms with Crippen LogP contribution in [0.2, 0.25) is 0 Å². The molecule has 1 saturated heterocycles. The van der Waals surface area contributed by atoms with Crippen molar-refractivity contribution in [2.24, 2.45) is 11.7 Å². The van der Waals surface area contributed by atoms with Crippen molar-refractivity contribution in [1.82, 2.24) is 4.98 Å². The molecule has 0 aliphatic carbocycles. The van der Waals surface area contributed by atoms with Gasteiger partial charge in [0.05, 0.1) is 22.9 Å². The van der Waals surface area contributed by atoms with E-state index >= 15 is 0 Å². The number of anilines is 1. The van der Waals surface area contributed by atoms with E-state index < -0.39 is 0 Å². The number of nitrogens with zero attached hydrogens (tertiary/aromatic N) is 2. The van der Waals surface area contributed by atoms with Gasteiger partial charge in [-0.1, -0.05) is 37.3 Å². The van der Waals surface area contributed by atoms with E-state index in [0.717, 1.165) is 41.7 Å². The first-order valence-electron chi connectivity index (χ1n) is 7.18. The molecule has 2 atom stereocenters. The lowest BCUT2D eigenvalue weighted by Gasteiger charge is -2.37. The molecular formula is C16H19N3OS. The molecule has 2 unspecified atom stereocenters. The van der Waals surface area contributed by atoms with E-state index in [2.05, 4.69) is 22.9 Å². The van der Waals surface area contributed by atoms with Gasteiger partial charge in [-0.2, -0.15) is 0 Å². The lowest BCUT2D eigenvalue weighted by Crippen LogP contribution is -2.42. The van der Waals surface area contributed by atoms with E-state index in [1.54, 1.807) is 6.20 Å². The zero-order chi connectivity index (χ0) is 15.0. The maximum atomic E-state index is 9.94. The number of hydrogen-bond donors (Lipinski definition) is 2. The molecule has 0 saturated carbocycles. The molecule has 110 valence electrons. The van der Waals surface area contributed by atoms with Gasteiger partial charge in [-0.15, -0.1) is 0 Å². The van der Waals surface area contributed by atoms with E-state index in [0.29, 0.717) is 4.99 Å². The molecule has 1 aromatic heterocycles. The van der Waals surface area contributed by atoms with Crippen molar-refractivity contribution in [3.63, 3.8) is 0 Å². The van der Waals surface area contributed by atoms with E-state index in [1.165, 1.54) is 0 Å². The van der Waals surface area contributed by atoms with Crippen LogP contribution in [0.3, 0.4) is 0 Å². The molecule has 3 rings (SSSR count). The van der Waals surface area contributed by atoms with Crippen molar-refractivity contribution in [3.05, 3.63) is 36.0 Å². The van der Waals surface area contributed by atoms with Crippen LogP contribution < -0.4 is 10.6 Å². The zero-order valence-electron chi connectivity index (χ0n) is 12.0. The SMILES string of the molecule is CC1CN(c2c(C(N)=S)cnc3ccccc23)CCC1O. The van der Waals surface area contributed by atoms with E-state index in [4.69, 9.17) is 18.0 Å². The van der Waals surface area contributed by atoms with Crippen molar-refractivity contribution >= 4 is 33.8 Å². The Bertz CT molecular complexity index is 688. The molecule has 4 nitrogen and oxygen atoms in total. The highest BCUT2D eigenvalue weighted by Gasteiger charge is 2.27. The number of para-hydroxylation sites is 1. The number of hydrogen-bond acceptors (Lipinski definition) is 4. The smallest absolute Gasteiger partial charge is 0.107 e. The lowest BCUT2D eigenvalue weighted by molar-refractivity contribution is 0.0971. The molecule has 0 spiro atoms. The molecule has 3 N–H and O–H groups in total. The Labute approximate surface area is 129 Å². The maximum Gasteiger partial charge on any atom is 0.107 e. The largest absolute Gasteiger partial charge is 0.393 e. The number of fused-ring (bicyclic) bond motifs is 1. The Morgan fingerprint density at radius 3 is 2.90 bits per heavy atom. The summed E-state index contributed by atoms with van der Waals surface area (Å²) < 4.78 is 0. The van der Waals surface area contributed by atoms with Gasteiger partial charge in [0.25, 0.3) is 0 Å². The average molecular weight is 301 g/mol. The van der Waals surface area contributed by atoms with E-state index in [-0.39, 0.29) is 12.0 Å². The zero-order valence-corrected chi connectivity index (χ0v) is 12.8. The summed E-state index contributed by atoms with van der Waals surface area (Å²) in [5.41, 5.74) is 8.69. The molecule has 1 fully saturated rings. The summed E-state index contributed by atoms with van der Waals surface area (Å²) in [6, 6.07) is 8.01. The maximum absolute atomic E-state index is 9.94. The summed E-state index contributed by atoms with van der Waals surface area (Å²) in [4.78, 5) is 7.09. The molecule has 0 bridgehead atoms. The van der Waals surface area contributed by atoms with Crippen LogP contribution in [0.15, 0.2) is 30.5 Å². The molecule has 1 aliphatic rings. The normalized spacial score (nSPS) is 22.5. The highest BCUT2D eigenvalue weighted by atomic mass is 32.1. The third kappa shape index (κ3) is 2.59. The van der Waals surface area contributed by atoms with Crippen LogP contribution in [0.25, 0.3) is 10.9 Å². The Kier molecular flexibility index (Phi) is 3.78. The fourth-order valence-electron chi connectivity index (χ4n) is 2.98. The van der Waals surface area contributed by atoms with Gasteiger partial charge in [0.15, 0.2) is 0 Å². The third-order valence-corrected chi connectivity index (χ3v) is 4.41. The van der Waals surface area contributed by atoms with Gasteiger partial charge in [-0.3, -0.25) is 4.98 Å². The summed E-state index contributed by atoms with van der Waals surface area (Å²) in [6.07, 6.45) is 2.28. The standard InChI is InChI=1S/C16H19N3OS/c1-10-9-19(7-6-14(10)20)15-11-4-2-3-5-13(11)18-8-12(15)16(17)21/h2-5,8,10,14,20H,6-7,9H2,1H3,(H2,17,21). The summed E-state index contributed by atoms with van der Waals surface area (Å²) in [6.45, 7) is 3.67. The Morgan fingerprint density at radius 1 is 1.43 bits per heavy atom. The average Bonchev–Trinajstić information content (AvgIpc) is 2.49. The summed E-state index contributed by atoms with van der Waals surface area (Å²) >= 11 is 5.20. The number of piperidine rings is 1. The summed E-state index contributed by atoms with van der Waals surface area (Å²) in [7, 11) is 0. The quantitative estimate of drug-likeness (QED) is 0.832. The first kappa shape index (κ1) is 14.2. The second-order valence-corrected chi connectivity index (χ2v) is 6.12. The summed E-state index contributed by atoms with van der Waals surface area (Å²) in [5, 5.41) is 11.0. The van der Waals surface area contributed by atoms with Gasteiger partial charge in [-0.05, 0) is 18.4 Å². The van der Waals surface area contributed by atoms with E-state index in [1.807, 2.05) is 18.2 Å². The molecule has 2 aromatic rings. The number of thiocarbonyl (C=S) groups is 1. The van der Waals surface area contributed by atoms with Crippen LogP contribution in [0.5, 0.6) is 0 Å². The van der Waals surface area contributed by atoms with Crippen LogP contribution in [0.4, 0.5) is 5.69 Å². The fraction of sp³-hybridized carbons (Fsp3) is 0.375. The van der Waals surface area contributed by atoms with Crippen molar-refractivity contribution in [2.75, 3.05) is 18.0 Å². The monoisotopic (exact) mass is 301 g/mol. The molecule has 1 aliphatic heterocycles. The van der Waals surface area contributed by atoms with Crippen molar-refractivity contribution in [2.45, 2.75) is 19.4 Å². The van der Waals surface area contributed by atoms with Crippen LogP contribution in [-0.4, -0.2) is 34.3 Å². The minimum Gasteiger partial charge on any atom is -0.393 e. The number of pyridine rings is 1. The highest BCUT2D eigenvalue weighted by Crippen LogP contribution is 2.32. The fourth-order valence-corrected chi connectivity index (χ4v) is 3.13. The van der Waals surface area contributed by atoms with Crippen LogP contribution in [0.1, 0.15) is 18.9 Å². The first-order valence-corrected chi connectivity index (χ1v) is 7.59. The third-order valence-electron chi connectivity index (χ3n) is 4.19. The number of nitrogens with two attached hydrogens (primary N) is 1. The number of aliphatic hydroxyl groups excluding tert-OH is 1. The lowest BCUT2D eigenvalue weighted by atomic mass is 9.95. The molecule has 1 aromatic carbocycles. The molecular weight excluding hydrogens is 282 g/mol. The molecule has 0 amide bonds. The summed E-state index contributed by atoms with van der Waals surface area (Å²) in [5.74, 6) is 0.227. The van der Waals surface area contributed by atoms with Gasteiger partial charge in [0.1, 0.15) is 4.99 Å². The predicted molar refractivity (Wildman–Crippen MR) is 89.6 cm³/mol. The number of rotatable bonds is 2. The minimum absolute atomic E-state index is 0.227. The number of aromatic nitrogens is 1. The van der Waals surface area contributed by atoms with Crippen LogP contribution in [0, 0.1) is 5.92 Å². The Morgan fingerprint density at radius 2 is 2.19 bits per heavy atom. The molecule has 21 heavy (non-hydrogen) atoms. The van der Waals surface area contributed by atoms with Crippen molar-refractivity contribution < 1.29 is 5.11 Å². The first-order chi connectivity index (χ1) is 10.1. The minimum atomic E-state index is -0.234. The Balaban J connectivity index is 2.14. The van der Waals surface area contributed by atoms with Crippen LogP contribution in [-0.2, 0) is 0 Å². The molecule has 0 radical (unpaired) electrons. The predicted octanol–water partition coefficient (Wildman–Crippen LogP) is 2.08. The molecule has 5 heteroatoms. The van der Waals surface area contributed by atoms with Crippen molar-refractivity contribution in [3.8, 4) is 0 Å². The second kappa shape index (κ2) is 5.58. The van der Waals surface area contributed by atoms with Gasteiger partial charge < -0.3 is 15.7 Å². The Hall–Kier alpha value is -1.72. The van der Waals surface area contributed by atoms with Gasteiger partial charge in [0.2, 0.25) is 0 Å². The number of benzene rings is 1. The van der Waals surface area contributed by atoms with Gasteiger partial charge in [0, 0.05) is 24.7 Å². The second-order valence-electron chi connectivity index (χ2n) is 5.68. The van der Waals surface area contributed by atoms with Crippen LogP contribution >= 0.6 is 12.2 Å². The highest BCUT2D eigenvalue weighted by molar-refractivity contribution is 7.80. The topological polar surface area (TPSA) is 62.4 Å². The number of aliphatic hydroxyl groups is 1. The van der Waals surface area contributed by atoms with Gasteiger partial charge >= 0.3 is 0 Å². The van der Waals surface area contributed by atoms with Crippen molar-refractivity contribution in [1.29, 1.82) is 0 Å². The molecule has 2 heterocycles. The van der Waals surface area contributed by atoms with E-state index in [9.17, 15) is 5.11 Å².